The van der Waals surface area contributed by atoms with Gasteiger partial charge in [0.05, 0.1) is 32.8 Å². The molecule has 37 heavy (non-hydrogen) atoms. The number of fused-ring (bicyclic) bond motifs is 1. The van der Waals surface area contributed by atoms with Gasteiger partial charge in [-0.3, -0.25) is 4.90 Å². The van der Waals surface area contributed by atoms with Crippen LogP contribution in [0.4, 0.5) is 15.9 Å². The lowest BCUT2D eigenvalue weighted by Gasteiger charge is -2.19. The second kappa shape index (κ2) is 11.9. The number of hydrogen-bond donors (Lipinski definition) is 1. The predicted octanol–water partition coefficient (Wildman–Crippen LogP) is 6.27. The van der Waals surface area contributed by atoms with Crippen LogP contribution in [0.2, 0.25) is 5.02 Å². The number of anilines is 2. The molecule has 1 N–H and O–H groups in total. The number of rotatable bonds is 8. The molecule has 1 atom stereocenters. The Labute approximate surface area is 224 Å². The molecule has 6 nitrogen and oxygen atoms in total. The summed E-state index contributed by atoms with van der Waals surface area (Å²) in [6, 6.07) is 14.0. The molecule has 9 heteroatoms. The van der Waals surface area contributed by atoms with E-state index in [1.54, 1.807) is 42.7 Å². The van der Waals surface area contributed by atoms with Gasteiger partial charge in [0.15, 0.2) is 5.82 Å². The highest BCUT2D eigenvalue weighted by molar-refractivity contribution is 7.20. The van der Waals surface area contributed by atoms with Gasteiger partial charge >= 0.3 is 0 Å². The number of methoxy groups -OCH3 is 1. The van der Waals surface area contributed by atoms with Crippen LogP contribution in [0.1, 0.15) is 23.3 Å². The Morgan fingerprint density at radius 1 is 1.22 bits per heavy atom. The SMILES string of the molecule is COCCN1CCC[C@H]1C#Cc1cc2ncnc(Nc3ccc(OCc4cccc(F)c4)c(Cl)c3)c2s1. The van der Waals surface area contributed by atoms with Crippen molar-refractivity contribution in [2.75, 3.05) is 32.1 Å². The minimum absolute atomic E-state index is 0.223. The van der Waals surface area contributed by atoms with Crippen molar-refractivity contribution in [3.8, 4) is 17.6 Å². The molecule has 5 rings (SSSR count). The first-order valence-electron chi connectivity index (χ1n) is 12.0. The first-order chi connectivity index (χ1) is 18.1. The highest BCUT2D eigenvalue weighted by atomic mass is 35.5. The molecule has 1 fully saturated rings. The summed E-state index contributed by atoms with van der Waals surface area (Å²) in [5.41, 5.74) is 2.34. The second-order valence-electron chi connectivity index (χ2n) is 8.69. The molecule has 2 aromatic carbocycles. The van der Waals surface area contributed by atoms with E-state index in [0.717, 1.165) is 58.9 Å². The fourth-order valence-corrected chi connectivity index (χ4v) is 5.40. The lowest BCUT2D eigenvalue weighted by molar-refractivity contribution is 0.152. The van der Waals surface area contributed by atoms with Gasteiger partial charge in [0, 0.05) is 19.3 Å². The summed E-state index contributed by atoms with van der Waals surface area (Å²) in [6.07, 6.45) is 3.78. The Morgan fingerprint density at radius 3 is 2.97 bits per heavy atom. The summed E-state index contributed by atoms with van der Waals surface area (Å²) < 4.78 is 25.3. The molecule has 0 saturated carbocycles. The van der Waals surface area contributed by atoms with E-state index in [-0.39, 0.29) is 18.5 Å². The monoisotopic (exact) mass is 536 g/mol. The molecule has 190 valence electrons. The van der Waals surface area contributed by atoms with Crippen LogP contribution in [0.5, 0.6) is 5.75 Å². The molecule has 0 spiro atoms. The van der Waals surface area contributed by atoms with E-state index in [0.29, 0.717) is 16.6 Å². The number of nitrogens with zero attached hydrogens (tertiary/aromatic N) is 3. The van der Waals surface area contributed by atoms with Gasteiger partial charge in [0.1, 0.15) is 24.5 Å². The Kier molecular flexibility index (Phi) is 8.17. The van der Waals surface area contributed by atoms with Gasteiger partial charge in [0.25, 0.3) is 0 Å². The Balaban J connectivity index is 1.28. The third-order valence-electron chi connectivity index (χ3n) is 6.10. The van der Waals surface area contributed by atoms with Crippen molar-refractivity contribution in [3.63, 3.8) is 0 Å². The van der Waals surface area contributed by atoms with Gasteiger partial charge in [-0.1, -0.05) is 35.6 Å². The topological polar surface area (TPSA) is 59.5 Å². The number of benzene rings is 2. The standard InChI is InChI=1S/C28H26ClFN4O2S/c1-35-13-12-34-11-3-6-22(34)8-9-23-16-25-27(37-23)28(32-18-31-25)33-21-7-10-26(24(29)15-21)36-17-19-4-2-5-20(30)14-19/h2,4-5,7,10,14-16,18,22H,3,6,11-13,17H2,1H3,(H,31,32,33)/t22-/m0/s1. The predicted molar refractivity (Wildman–Crippen MR) is 146 cm³/mol. The summed E-state index contributed by atoms with van der Waals surface area (Å²) in [4.78, 5) is 12.2. The van der Waals surface area contributed by atoms with E-state index >= 15 is 0 Å². The van der Waals surface area contributed by atoms with E-state index < -0.39 is 0 Å². The third kappa shape index (κ3) is 6.38. The van der Waals surface area contributed by atoms with Crippen LogP contribution in [0.25, 0.3) is 10.2 Å². The van der Waals surface area contributed by atoms with Crippen LogP contribution in [-0.4, -0.2) is 47.7 Å². The average molecular weight is 537 g/mol. The van der Waals surface area contributed by atoms with Crippen LogP contribution < -0.4 is 10.1 Å². The van der Waals surface area contributed by atoms with Crippen molar-refractivity contribution in [3.05, 3.63) is 76.1 Å². The van der Waals surface area contributed by atoms with Gasteiger partial charge in [-0.15, -0.1) is 11.3 Å². The Hall–Kier alpha value is -3.22. The minimum atomic E-state index is -0.298. The van der Waals surface area contributed by atoms with Gasteiger partial charge in [-0.25, -0.2) is 14.4 Å². The van der Waals surface area contributed by atoms with E-state index in [4.69, 9.17) is 21.1 Å². The van der Waals surface area contributed by atoms with E-state index in [2.05, 4.69) is 32.0 Å². The summed E-state index contributed by atoms with van der Waals surface area (Å²) in [7, 11) is 1.73. The zero-order valence-electron chi connectivity index (χ0n) is 20.3. The fourth-order valence-electron chi connectivity index (χ4n) is 4.25. The van der Waals surface area contributed by atoms with Crippen LogP contribution in [0, 0.1) is 17.7 Å². The van der Waals surface area contributed by atoms with Gasteiger partial charge in [0.2, 0.25) is 0 Å². The van der Waals surface area contributed by atoms with E-state index in [9.17, 15) is 4.39 Å². The summed E-state index contributed by atoms with van der Waals surface area (Å²) in [5, 5.41) is 3.78. The molecule has 0 aliphatic carbocycles. The van der Waals surface area contributed by atoms with Crippen molar-refractivity contribution in [2.24, 2.45) is 0 Å². The number of aromatic nitrogens is 2. The Morgan fingerprint density at radius 2 is 2.14 bits per heavy atom. The summed E-state index contributed by atoms with van der Waals surface area (Å²) in [6.45, 7) is 2.90. The molecule has 1 aliphatic heterocycles. The van der Waals surface area contributed by atoms with Gasteiger partial charge in [-0.2, -0.15) is 0 Å². The molecular formula is C28H26ClFN4O2S. The Bertz CT molecular complexity index is 1450. The summed E-state index contributed by atoms with van der Waals surface area (Å²) >= 11 is 8.03. The fraction of sp³-hybridized carbons (Fsp3) is 0.286. The first kappa shape index (κ1) is 25.4. The highest BCUT2D eigenvalue weighted by Gasteiger charge is 2.22. The molecule has 3 heterocycles. The summed E-state index contributed by atoms with van der Waals surface area (Å²) in [5.74, 6) is 7.70. The first-order valence-corrected chi connectivity index (χ1v) is 13.2. The van der Waals surface area contributed by atoms with Crippen molar-refractivity contribution < 1.29 is 13.9 Å². The number of nitrogens with one attached hydrogen (secondary N) is 1. The van der Waals surface area contributed by atoms with Crippen LogP contribution in [0.15, 0.2) is 54.9 Å². The number of halogens is 2. The normalized spacial score (nSPS) is 15.5. The molecule has 1 aliphatic rings. The number of likely N-dealkylation sites (tertiary alicyclic amines) is 1. The lowest BCUT2D eigenvalue weighted by Crippen LogP contribution is -2.31. The number of ether oxygens (including phenoxy) is 2. The van der Waals surface area contributed by atoms with E-state index in [1.807, 2.05) is 12.1 Å². The average Bonchev–Trinajstić information content (AvgIpc) is 3.52. The molecule has 0 unspecified atom stereocenters. The van der Waals surface area contributed by atoms with Gasteiger partial charge in [-0.05, 0) is 61.3 Å². The minimum Gasteiger partial charge on any atom is -0.487 e. The molecule has 1 saturated heterocycles. The van der Waals surface area contributed by atoms with Crippen molar-refractivity contribution in [1.82, 2.24) is 14.9 Å². The van der Waals surface area contributed by atoms with Crippen molar-refractivity contribution in [2.45, 2.75) is 25.5 Å². The smallest absolute Gasteiger partial charge is 0.151 e. The molecule has 2 aromatic heterocycles. The lowest BCUT2D eigenvalue weighted by atomic mass is 10.2. The maximum Gasteiger partial charge on any atom is 0.151 e. The molecular weight excluding hydrogens is 511 g/mol. The number of thiophene rings is 1. The van der Waals surface area contributed by atoms with Crippen LogP contribution >= 0.6 is 22.9 Å². The van der Waals surface area contributed by atoms with Crippen molar-refractivity contribution >= 4 is 44.7 Å². The maximum absolute atomic E-state index is 13.4. The second-order valence-corrected chi connectivity index (χ2v) is 10.2. The van der Waals surface area contributed by atoms with Crippen LogP contribution in [0.3, 0.4) is 0 Å². The third-order valence-corrected chi connectivity index (χ3v) is 7.44. The largest absolute Gasteiger partial charge is 0.487 e. The molecule has 0 amide bonds. The molecule has 0 bridgehead atoms. The maximum atomic E-state index is 13.4. The number of hydrogen-bond acceptors (Lipinski definition) is 7. The van der Waals surface area contributed by atoms with E-state index in [1.165, 1.54) is 18.5 Å². The quantitative estimate of drug-likeness (QED) is 0.268. The van der Waals surface area contributed by atoms with Crippen LogP contribution in [-0.2, 0) is 11.3 Å². The molecule has 4 aromatic rings. The van der Waals surface area contributed by atoms with Crippen molar-refractivity contribution in [1.29, 1.82) is 0 Å². The zero-order chi connectivity index (χ0) is 25.6. The molecule has 0 radical (unpaired) electrons. The zero-order valence-corrected chi connectivity index (χ0v) is 21.9. The van der Waals surface area contributed by atoms with Gasteiger partial charge < -0.3 is 14.8 Å². The highest BCUT2D eigenvalue weighted by Crippen LogP contribution is 2.33.